The number of esters is 1. The number of hydrogen-bond acceptors (Lipinski definition) is 6. The molecule has 6 heteroatoms. The van der Waals surface area contributed by atoms with Crippen molar-refractivity contribution in [1.29, 1.82) is 0 Å². The Kier molecular flexibility index (Phi) is 4.11. The first-order valence-electron chi connectivity index (χ1n) is 5.58. The number of nitrogens with two attached hydrogens (primary N) is 1. The minimum Gasteiger partial charge on any atom is -0.468 e. The maximum atomic E-state index is 11.7. The van der Waals surface area contributed by atoms with Crippen LogP contribution >= 0.6 is 0 Å². The van der Waals surface area contributed by atoms with Gasteiger partial charge in [0.05, 0.1) is 19.1 Å². The van der Waals surface area contributed by atoms with Crippen LogP contribution in [-0.2, 0) is 19.2 Å². The van der Waals surface area contributed by atoms with Gasteiger partial charge in [-0.05, 0) is 27.2 Å². The van der Waals surface area contributed by atoms with Crippen molar-refractivity contribution >= 4 is 11.9 Å². The molecule has 0 saturated carbocycles. The fourth-order valence-electron chi connectivity index (χ4n) is 1.53. The van der Waals surface area contributed by atoms with E-state index in [0.717, 1.165) is 0 Å². The zero-order valence-corrected chi connectivity index (χ0v) is 10.7. The van der Waals surface area contributed by atoms with Crippen molar-refractivity contribution in [3.05, 3.63) is 0 Å². The summed E-state index contributed by atoms with van der Waals surface area (Å²) in [6, 6.07) is -0.784. The number of methoxy groups -OCH3 is 1. The Morgan fingerprint density at radius 3 is 2.41 bits per heavy atom. The van der Waals surface area contributed by atoms with E-state index >= 15 is 0 Å². The molecule has 1 aliphatic heterocycles. The number of hydroxylamine groups is 2. The molecular weight excluding hydrogens is 224 g/mol. The summed E-state index contributed by atoms with van der Waals surface area (Å²) in [5.74, 6) is -0.819. The SMILES string of the molecule is COC(=O)[C@@H]1CC(N)CN1OC(=O)C(C)(C)C. The minimum atomic E-state index is -0.618. The van der Waals surface area contributed by atoms with Crippen LogP contribution in [0.4, 0.5) is 0 Å². The van der Waals surface area contributed by atoms with Crippen LogP contribution in [0.3, 0.4) is 0 Å². The highest BCUT2D eigenvalue weighted by Gasteiger charge is 2.40. The summed E-state index contributed by atoms with van der Waals surface area (Å²) in [5, 5.41) is 1.32. The van der Waals surface area contributed by atoms with Crippen LogP contribution in [0.1, 0.15) is 27.2 Å². The number of carbonyl (C=O) groups is 2. The normalized spacial score (nSPS) is 25.7. The minimum absolute atomic E-state index is 0.188. The molecule has 1 heterocycles. The number of hydrogen-bond donors (Lipinski definition) is 1. The smallest absolute Gasteiger partial charge is 0.330 e. The van der Waals surface area contributed by atoms with Gasteiger partial charge < -0.3 is 15.3 Å². The van der Waals surface area contributed by atoms with Crippen LogP contribution < -0.4 is 5.73 Å². The van der Waals surface area contributed by atoms with E-state index in [2.05, 4.69) is 4.74 Å². The van der Waals surface area contributed by atoms with E-state index in [0.29, 0.717) is 13.0 Å². The van der Waals surface area contributed by atoms with Crippen LogP contribution in [0.25, 0.3) is 0 Å². The fraction of sp³-hybridized carbons (Fsp3) is 0.818. The molecule has 1 saturated heterocycles. The number of rotatable bonds is 2. The molecule has 1 unspecified atom stereocenters. The van der Waals surface area contributed by atoms with E-state index in [4.69, 9.17) is 10.6 Å². The van der Waals surface area contributed by atoms with E-state index in [1.807, 2.05) is 0 Å². The van der Waals surface area contributed by atoms with Gasteiger partial charge in [0.2, 0.25) is 0 Å². The number of ether oxygens (including phenoxy) is 1. The van der Waals surface area contributed by atoms with Gasteiger partial charge in [-0.3, -0.25) is 4.79 Å². The van der Waals surface area contributed by atoms with Crippen LogP contribution in [0.15, 0.2) is 0 Å². The first-order valence-corrected chi connectivity index (χ1v) is 5.58. The standard InChI is InChI=1S/C11H20N2O4/c1-11(2,3)10(15)17-13-6-7(12)5-8(13)9(14)16-4/h7-8H,5-6,12H2,1-4H3/t7?,8-/m0/s1. The van der Waals surface area contributed by atoms with Crippen LogP contribution in [-0.4, -0.2) is 42.7 Å². The molecule has 6 nitrogen and oxygen atoms in total. The summed E-state index contributed by atoms with van der Waals surface area (Å²) in [6.45, 7) is 5.59. The van der Waals surface area contributed by atoms with Crippen molar-refractivity contribution in [3.8, 4) is 0 Å². The second-order valence-corrected chi connectivity index (χ2v) is 5.26. The highest BCUT2D eigenvalue weighted by atomic mass is 16.7. The van der Waals surface area contributed by atoms with Gasteiger partial charge in [-0.1, -0.05) is 0 Å². The van der Waals surface area contributed by atoms with Gasteiger partial charge in [0.1, 0.15) is 6.04 Å². The molecule has 0 amide bonds. The molecule has 1 rings (SSSR count). The van der Waals surface area contributed by atoms with Gasteiger partial charge in [0.25, 0.3) is 0 Å². The summed E-state index contributed by atoms with van der Waals surface area (Å²) < 4.78 is 4.65. The molecule has 0 bridgehead atoms. The molecule has 0 aromatic heterocycles. The van der Waals surface area contributed by atoms with E-state index in [9.17, 15) is 9.59 Å². The quantitative estimate of drug-likeness (QED) is 0.692. The van der Waals surface area contributed by atoms with Crippen LogP contribution in [0.2, 0.25) is 0 Å². The van der Waals surface area contributed by atoms with Gasteiger partial charge >= 0.3 is 11.9 Å². The molecule has 98 valence electrons. The molecule has 0 aromatic carbocycles. The molecular formula is C11H20N2O4. The molecule has 2 atom stereocenters. The first-order chi connectivity index (χ1) is 7.75. The lowest BCUT2D eigenvalue weighted by Crippen LogP contribution is -2.41. The maximum Gasteiger partial charge on any atom is 0.330 e. The van der Waals surface area contributed by atoms with Crippen molar-refractivity contribution < 1.29 is 19.2 Å². The maximum absolute atomic E-state index is 11.7. The summed E-state index contributed by atoms with van der Waals surface area (Å²) in [5.41, 5.74) is 5.13. The summed E-state index contributed by atoms with van der Waals surface area (Å²) in [6.07, 6.45) is 0.435. The molecule has 17 heavy (non-hydrogen) atoms. The van der Waals surface area contributed by atoms with E-state index in [1.165, 1.54) is 12.2 Å². The third-order valence-electron chi connectivity index (χ3n) is 2.57. The lowest BCUT2D eigenvalue weighted by atomic mass is 9.98. The monoisotopic (exact) mass is 244 g/mol. The molecule has 2 N–H and O–H groups in total. The molecule has 0 radical (unpaired) electrons. The van der Waals surface area contributed by atoms with Gasteiger partial charge in [-0.25, -0.2) is 4.79 Å². The first kappa shape index (κ1) is 13.9. The van der Waals surface area contributed by atoms with E-state index in [-0.39, 0.29) is 12.0 Å². The van der Waals surface area contributed by atoms with Gasteiger partial charge in [-0.15, -0.1) is 5.06 Å². The van der Waals surface area contributed by atoms with Crippen molar-refractivity contribution in [2.75, 3.05) is 13.7 Å². The van der Waals surface area contributed by atoms with Gasteiger partial charge in [0, 0.05) is 6.04 Å². The predicted molar refractivity (Wildman–Crippen MR) is 60.6 cm³/mol. The lowest BCUT2D eigenvalue weighted by molar-refractivity contribution is -0.208. The zero-order chi connectivity index (χ0) is 13.2. The Balaban J connectivity index is 2.69. The largest absolute Gasteiger partial charge is 0.468 e. The Hall–Kier alpha value is -1.14. The fourth-order valence-corrected chi connectivity index (χ4v) is 1.53. The average molecular weight is 244 g/mol. The van der Waals surface area contributed by atoms with Crippen molar-refractivity contribution in [2.45, 2.75) is 39.3 Å². The third kappa shape index (κ3) is 3.41. The zero-order valence-electron chi connectivity index (χ0n) is 10.7. The van der Waals surface area contributed by atoms with Crippen molar-refractivity contribution in [1.82, 2.24) is 5.06 Å². The highest BCUT2D eigenvalue weighted by Crippen LogP contribution is 2.22. The summed E-state index contributed by atoms with van der Waals surface area (Å²) in [4.78, 5) is 28.4. The molecule has 0 spiro atoms. The number of nitrogens with zero attached hydrogens (tertiary/aromatic N) is 1. The highest BCUT2D eigenvalue weighted by molar-refractivity contribution is 5.78. The second kappa shape index (κ2) is 5.01. The number of carbonyl (C=O) groups excluding carboxylic acids is 2. The Morgan fingerprint density at radius 1 is 1.35 bits per heavy atom. The molecule has 1 fully saturated rings. The average Bonchev–Trinajstić information content (AvgIpc) is 2.57. The van der Waals surface area contributed by atoms with Gasteiger partial charge in [0.15, 0.2) is 0 Å². The summed E-state index contributed by atoms with van der Waals surface area (Å²) in [7, 11) is 1.30. The predicted octanol–water partition coefficient (Wildman–Crippen LogP) is 0.0653. The third-order valence-corrected chi connectivity index (χ3v) is 2.57. The molecule has 0 aliphatic carbocycles. The van der Waals surface area contributed by atoms with Crippen molar-refractivity contribution in [3.63, 3.8) is 0 Å². The van der Waals surface area contributed by atoms with E-state index in [1.54, 1.807) is 20.8 Å². The molecule has 0 aromatic rings. The molecule has 1 aliphatic rings. The summed E-state index contributed by atoms with van der Waals surface area (Å²) >= 11 is 0. The topological polar surface area (TPSA) is 81.9 Å². The van der Waals surface area contributed by atoms with Crippen LogP contribution in [0.5, 0.6) is 0 Å². The Labute approximate surface area is 101 Å². The second-order valence-electron chi connectivity index (χ2n) is 5.26. The van der Waals surface area contributed by atoms with Crippen molar-refractivity contribution in [2.24, 2.45) is 11.1 Å². The Morgan fingerprint density at radius 2 is 1.94 bits per heavy atom. The van der Waals surface area contributed by atoms with E-state index < -0.39 is 17.4 Å². The Bertz CT molecular complexity index is 311. The van der Waals surface area contributed by atoms with Gasteiger partial charge in [-0.2, -0.15) is 0 Å². The van der Waals surface area contributed by atoms with Crippen LogP contribution in [0, 0.1) is 5.41 Å². The lowest BCUT2D eigenvalue weighted by Gasteiger charge is -2.25.